The fourth-order valence-corrected chi connectivity index (χ4v) is 5.66. The average Bonchev–Trinajstić information content (AvgIpc) is 3.15. The minimum atomic E-state index is 0.546. The number of rotatable bonds is 3. The van der Waals surface area contributed by atoms with Crippen molar-refractivity contribution < 1.29 is 0 Å². The smallest absolute Gasteiger partial charge is 0.0913 e. The van der Waals surface area contributed by atoms with E-state index in [4.69, 9.17) is 4.98 Å². The maximum Gasteiger partial charge on any atom is 0.0913 e. The van der Waals surface area contributed by atoms with E-state index < -0.39 is 0 Å². The number of piperidine rings is 1. The van der Waals surface area contributed by atoms with Crippen LogP contribution in [-0.2, 0) is 0 Å². The van der Waals surface area contributed by atoms with Gasteiger partial charge in [-0.15, -0.1) is 0 Å². The first-order chi connectivity index (χ1) is 14.8. The lowest BCUT2D eigenvalue weighted by Crippen LogP contribution is -2.44. The van der Waals surface area contributed by atoms with Crippen LogP contribution in [0.1, 0.15) is 38.5 Å². The molecule has 5 heterocycles. The molecule has 1 spiro atoms. The Morgan fingerprint density at radius 2 is 1.67 bits per heavy atom. The number of hydrogen-bond acceptors (Lipinski definition) is 5. The number of pyridine rings is 3. The standard InChI is InChI=1S/C25H29N5/c1-2-20(3-1)30-15-9-25(18-30)7-13-29(14-8-25)24-16-22(19-4-10-26-11-5-19)28-23-17-27-12-6-21(23)24/h4-6,10-12,16-17,20H,1-3,7-9,13-15,18H2. The average molecular weight is 400 g/mol. The number of anilines is 1. The zero-order chi connectivity index (χ0) is 20.0. The lowest BCUT2D eigenvalue weighted by atomic mass is 9.77. The molecule has 0 aromatic carbocycles. The fraction of sp³-hybridized carbons (Fsp3) is 0.480. The maximum absolute atomic E-state index is 4.89. The van der Waals surface area contributed by atoms with Crippen LogP contribution in [-0.4, -0.2) is 52.1 Å². The molecular formula is C25H29N5. The molecule has 0 N–H and O–H groups in total. The summed E-state index contributed by atoms with van der Waals surface area (Å²) in [6, 6.07) is 9.35. The molecule has 6 rings (SSSR count). The Morgan fingerprint density at radius 1 is 0.900 bits per heavy atom. The molecule has 30 heavy (non-hydrogen) atoms. The molecule has 3 aliphatic rings. The Hall–Kier alpha value is -2.53. The van der Waals surface area contributed by atoms with Gasteiger partial charge in [-0.1, -0.05) is 6.42 Å². The summed E-state index contributed by atoms with van der Waals surface area (Å²) in [5, 5.41) is 1.21. The van der Waals surface area contributed by atoms with Crippen LogP contribution in [0.15, 0.2) is 49.1 Å². The number of nitrogens with zero attached hydrogens (tertiary/aromatic N) is 5. The van der Waals surface area contributed by atoms with E-state index in [-0.39, 0.29) is 0 Å². The van der Waals surface area contributed by atoms with E-state index in [9.17, 15) is 0 Å². The van der Waals surface area contributed by atoms with Crippen LogP contribution in [0.2, 0.25) is 0 Å². The quantitative estimate of drug-likeness (QED) is 0.647. The van der Waals surface area contributed by atoms with E-state index >= 15 is 0 Å². The van der Waals surface area contributed by atoms with Gasteiger partial charge in [-0.3, -0.25) is 14.9 Å². The van der Waals surface area contributed by atoms with E-state index in [1.807, 2.05) is 36.9 Å². The van der Waals surface area contributed by atoms with Crippen molar-refractivity contribution in [2.24, 2.45) is 5.41 Å². The Kier molecular flexibility index (Phi) is 4.45. The van der Waals surface area contributed by atoms with Crippen molar-refractivity contribution in [3.63, 3.8) is 0 Å². The monoisotopic (exact) mass is 399 g/mol. The van der Waals surface area contributed by atoms with Crippen LogP contribution in [0.25, 0.3) is 22.2 Å². The number of fused-ring (bicyclic) bond motifs is 1. The van der Waals surface area contributed by atoms with E-state index in [1.54, 1.807) is 0 Å². The van der Waals surface area contributed by atoms with E-state index in [0.717, 1.165) is 35.9 Å². The van der Waals surface area contributed by atoms with Gasteiger partial charge in [0.05, 0.1) is 17.4 Å². The summed E-state index contributed by atoms with van der Waals surface area (Å²) in [6.45, 7) is 4.92. The predicted molar refractivity (Wildman–Crippen MR) is 120 cm³/mol. The van der Waals surface area contributed by atoms with Gasteiger partial charge in [-0.05, 0) is 68.3 Å². The van der Waals surface area contributed by atoms with Gasteiger partial charge in [-0.25, -0.2) is 4.98 Å². The summed E-state index contributed by atoms with van der Waals surface area (Å²) in [4.78, 5) is 18.8. The van der Waals surface area contributed by atoms with Gasteiger partial charge in [0, 0.05) is 60.9 Å². The minimum Gasteiger partial charge on any atom is -0.371 e. The van der Waals surface area contributed by atoms with E-state index in [0.29, 0.717) is 5.41 Å². The number of likely N-dealkylation sites (tertiary alicyclic amines) is 1. The Balaban J connectivity index is 1.27. The highest BCUT2D eigenvalue weighted by Gasteiger charge is 2.43. The lowest BCUT2D eigenvalue weighted by molar-refractivity contribution is 0.128. The van der Waals surface area contributed by atoms with Crippen LogP contribution in [0.4, 0.5) is 5.69 Å². The minimum absolute atomic E-state index is 0.546. The SMILES string of the molecule is c1cc(-c2cc(N3CCC4(CC3)CCN(C3CCC3)C4)c3ccncc3n2)ccn1. The van der Waals surface area contributed by atoms with Gasteiger partial charge in [-0.2, -0.15) is 0 Å². The second-order valence-corrected chi connectivity index (χ2v) is 9.45. The highest BCUT2D eigenvalue weighted by molar-refractivity contribution is 5.93. The summed E-state index contributed by atoms with van der Waals surface area (Å²) >= 11 is 0. The van der Waals surface area contributed by atoms with Crippen molar-refractivity contribution in [3.8, 4) is 11.3 Å². The topological polar surface area (TPSA) is 45.2 Å². The van der Waals surface area contributed by atoms with Crippen molar-refractivity contribution in [1.82, 2.24) is 19.9 Å². The van der Waals surface area contributed by atoms with Crippen LogP contribution in [0.3, 0.4) is 0 Å². The maximum atomic E-state index is 4.89. The lowest BCUT2D eigenvalue weighted by Gasteiger charge is -2.42. The largest absolute Gasteiger partial charge is 0.371 e. The van der Waals surface area contributed by atoms with Crippen LogP contribution in [0.5, 0.6) is 0 Å². The Labute approximate surface area is 178 Å². The first-order valence-corrected chi connectivity index (χ1v) is 11.4. The molecule has 5 nitrogen and oxygen atoms in total. The number of aromatic nitrogens is 3. The molecule has 0 radical (unpaired) electrons. The molecule has 1 aliphatic carbocycles. The Morgan fingerprint density at radius 3 is 2.43 bits per heavy atom. The van der Waals surface area contributed by atoms with E-state index in [2.05, 4.69) is 31.9 Å². The van der Waals surface area contributed by atoms with Crippen molar-refractivity contribution >= 4 is 16.6 Å². The van der Waals surface area contributed by atoms with Gasteiger partial charge in [0.15, 0.2) is 0 Å². The van der Waals surface area contributed by atoms with Crippen LogP contribution < -0.4 is 4.90 Å². The molecule has 2 saturated heterocycles. The summed E-state index contributed by atoms with van der Waals surface area (Å²) in [5.41, 5.74) is 4.93. The third kappa shape index (κ3) is 3.16. The van der Waals surface area contributed by atoms with Gasteiger partial charge in [0.25, 0.3) is 0 Å². The molecule has 5 heteroatoms. The molecule has 1 saturated carbocycles. The number of hydrogen-bond donors (Lipinski definition) is 0. The zero-order valence-electron chi connectivity index (χ0n) is 17.5. The third-order valence-corrected chi connectivity index (χ3v) is 7.79. The van der Waals surface area contributed by atoms with Crippen molar-refractivity contribution in [1.29, 1.82) is 0 Å². The molecule has 3 aromatic heterocycles. The summed E-state index contributed by atoms with van der Waals surface area (Å²) in [6.07, 6.45) is 15.7. The van der Waals surface area contributed by atoms with Gasteiger partial charge < -0.3 is 4.90 Å². The summed E-state index contributed by atoms with van der Waals surface area (Å²) in [5.74, 6) is 0. The Bertz CT molecular complexity index is 1040. The fourth-order valence-electron chi connectivity index (χ4n) is 5.66. The second-order valence-electron chi connectivity index (χ2n) is 9.45. The molecule has 2 aliphatic heterocycles. The third-order valence-electron chi connectivity index (χ3n) is 7.79. The zero-order valence-corrected chi connectivity index (χ0v) is 17.5. The molecule has 0 atom stereocenters. The molecular weight excluding hydrogens is 370 g/mol. The predicted octanol–water partition coefficient (Wildman–Crippen LogP) is 4.54. The van der Waals surface area contributed by atoms with Crippen LogP contribution in [0, 0.1) is 5.41 Å². The first kappa shape index (κ1) is 18.3. The normalized spacial score (nSPS) is 21.9. The first-order valence-electron chi connectivity index (χ1n) is 11.4. The van der Waals surface area contributed by atoms with Crippen molar-refractivity contribution in [2.45, 2.75) is 44.6 Å². The highest BCUT2D eigenvalue weighted by atomic mass is 15.2. The summed E-state index contributed by atoms with van der Waals surface area (Å²) < 4.78 is 0. The molecule has 0 bridgehead atoms. The van der Waals surface area contributed by atoms with Gasteiger partial charge in [0.2, 0.25) is 0 Å². The molecule has 3 aromatic rings. The molecule has 0 unspecified atom stereocenters. The van der Waals surface area contributed by atoms with Crippen molar-refractivity contribution in [3.05, 3.63) is 49.1 Å². The van der Waals surface area contributed by atoms with E-state index in [1.165, 1.54) is 62.7 Å². The molecule has 154 valence electrons. The van der Waals surface area contributed by atoms with Gasteiger partial charge >= 0.3 is 0 Å². The van der Waals surface area contributed by atoms with Crippen molar-refractivity contribution in [2.75, 3.05) is 31.1 Å². The molecule has 0 amide bonds. The highest BCUT2D eigenvalue weighted by Crippen LogP contribution is 2.44. The van der Waals surface area contributed by atoms with Gasteiger partial charge in [0.1, 0.15) is 0 Å². The summed E-state index contributed by atoms with van der Waals surface area (Å²) in [7, 11) is 0. The molecule has 3 fully saturated rings. The van der Waals surface area contributed by atoms with Crippen LogP contribution >= 0.6 is 0 Å². The second kappa shape index (κ2) is 7.31.